The number of carbonyl (C=O) groups is 2. The summed E-state index contributed by atoms with van der Waals surface area (Å²) < 4.78 is 5.84. The minimum Gasteiger partial charge on any atom is -0.494 e. The SMILES string of the molecule is CC(C)C[C@@H]1NC(=O)[C@@H](C)Cc2ccc(cc2)OCCCC(C)C[C@@H](CO)CC1=O. The normalized spacial score (nSPS) is 27.3. The Labute approximate surface area is 181 Å². The van der Waals surface area contributed by atoms with Gasteiger partial charge in [-0.2, -0.15) is 0 Å². The molecule has 2 aliphatic rings. The van der Waals surface area contributed by atoms with Gasteiger partial charge in [-0.25, -0.2) is 0 Å². The monoisotopic (exact) mass is 417 g/mol. The lowest BCUT2D eigenvalue weighted by Gasteiger charge is -2.25. The summed E-state index contributed by atoms with van der Waals surface area (Å²) in [6.45, 7) is 8.83. The van der Waals surface area contributed by atoms with E-state index in [9.17, 15) is 14.7 Å². The van der Waals surface area contributed by atoms with Gasteiger partial charge in [-0.1, -0.05) is 39.8 Å². The van der Waals surface area contributed by atoms with Crippen LogP contribution >= 0.6 is 0 Å². The lowest BCUT2D eigenvalue weighted by molar-refractivity contribution is -0.130. The fourth-order valence-electron chi connectivity index (χ4n) is 4.18. The number of Topliss-reactive ketones (excluding diaryl/α,β-unsaturated/α-hetero) is 1. The lowest BCUT2D eigenvalue weighted by Crippen LogP contribution is -2.45. The van der Waals surface area contributed by atoms with Crippen molar-refractivity contribution in [3.63, 3.8) is 0 Å². The molecule has 1 aromatic rings. The van der Waals surface area contributed by atoms with E-state index in [0.29, 0.717) is 37.7 Å². The summed E-state index contributed by atoms with van der Waals surface area (Å²) in [6.07, 6.45) is 4.28. The zero-order valence-corrected chi connectivity index (χ0v) is 19.0. The molecule has 2 N–H and O–H groups in total. The largest absolute Gasteiger partial charge is 0.494 e. The first-order chi connectivity index (χ1) is 14.3. The maximum absolute atomic E-state index is 13.0. The van der Waals surface area contributed by atoms with Crippen LogP contribution in [0.1, 0.15) is 65.4 Å². The summed E-state index contributed by atoms with van der Waals surface area (Å²) in [6, 6.07) is 7.44. The molecule has 3 rings (SSSR count). The highest BCUT2D eigenvalue weighted by atomic mass is 16.5. The van der Waals surface area contributed by atoms with E-state index < -0.39 is 6.04 Å². The summed E-state index contributed by atoms with van der Waals surface area (Å²) in [4.78, 5) is 25.8. The van der Waals surface area contributed by atoms with Gasteiger partial charge in [0.25, 0.3) is 0 Å². The minimum absolute atomic E-state index is 0.00281. The van der Waals surface area contributed by atoms with E-state index in [1.165, 1.54) is 0 Å². The summed E-state index contributed by atoms with van der Waals surface area (Å²) in [5, 5.41) is 12.8. The van der Waals surface area contributed by atoms with Crippen LogP contribution in [0.5, 0.6) is 5.75 Å². The van der Waals surface area contributed by atoms with Crippen LogP contribution in [0.25, 0.3) is 0 Å². The Morgan fingerprint density at radius 3 is 2.47 bits per heavy atom. The zero-order chi connectivity index (χ0) is 22.1. The van der Waals surface area contributed by atoms with Crippen molar-refractivity contribution in [3.05, 3.63) is 29.8 Å². The quantitative estimate of drug-likeness (QED) is 0.774. The number of aliphatic hydroxyl groups is 1. The third-order valence-corrected chi connectivity index (χ3v) is 5.92. The van der Waals surface area contributed by atoms with Gasteiger partial charge >= 0.3 is 0 Å². The fraction of sp³-hybridized carbons (Fsp3) is 0.680. The molecule has 0 spiro atoms. The van der Waals surface area contributed by atoms with Crippen molar-refractivity contribution in [1.82, 2.24) is 5.32 Å². The van der Waals surface area contributed by atoms with Crippen molar-refractivity contribution in [1.29, 1.82) is 0 Å². The molecule has 2 bridgehead atoms. The van der Waals surface area contributed by atoms with Gasteiger partial charge in [-0.15, -0.1) is 0 Å². The molecule has 30 heavy (non-hydrogen) atoms. The summed E-state index contributed by atoms with van der Waals surface area (Å²) >= 11 is 0. The predicted molar refractivity (Wildman–Crippen MR) is 119 cm³/mol. The second kappa shape index (κ2) is 12.1. The van der Waals surface area contributed by atoms with Crippen molar-refractivity contribution in [2.75, 3.05) is 13.2 Å². The Morgan fingerprint density at radius 1 is 1.13 bits per heavy atom. The summed E-state index contributed by atoms with van der Waals surface area (Å²) in [5.41, 5.74) is 1.08. The van der Waals surface area contributed by atoms with Gasteiger partial charge in [0.15, 0.2) is 5.78 Å². The van der Waals surface area contributed by atoms with E-state index in [2.05, 4.69) is 26.1 Å². The van der Waals surface area contributed by atoms with Gasteiger partial charge in [0.05, 0.1) is 12.6 Å². The standard InChI is InChI=1S/C25H39NO4/c1-17(2)12-23-24(28)15-21(16-27)13-18(3)6-5-11-30-22-9-7-20(8-10-22)14-19(4)25(29)26-23/h7-10,17-19,21,23,27H,5-6,11-16H2,1-4H3,(H,26,29)/t18?,19-,21+,23-/m0/s1. The molecule has 0 radical (unpaired) electrons. The van der Waals surface area contributed by atoms with Crippen LogP contribution < -0.4 is 10.1 Å². The number of carbonyl (C=O) groups excluding carboxylic acids is 2. The van der Waals surface area contributed by atoms with E-state index in [1.54, 1.807) is 0 Å². The first-order valence-corrected chi connectivity index (χ1v) is 11.4. The highest BCUT2D eigenvalue weighted by Gasteiger charge is 2.27. The number of amides is 1. The van der Waals surface area contributed by atoms with E-state index >= 15 is 0 Å². The van der Waals surface area contributed by atoms with Gasteiger partial charge in [0.1, 0.15) is 5.75 Å². The number of ketones is 1. The molecule has 5 heteroatoms. The molecule has 0 fully saturated rings. The molecule has 0 aromatic heterocycles. The number of ether oxygens (including phenoxy) is 1. The van der Waals surface area contributed by atoms with Gasteiger partial charge in [0.2, 0.25) is 5.91 Å². The summed E-state index contributed by atoms with van der Waals surface area (Å²) in [5.74, 6) is 1.19. The highest BCUT2D eigenvalue weighted by Crippen LogP contribution is 2.23. The number of hydrogen-bond acceptors (Lipinski definition) is 4. The first kappa shape index (κ1) is 24.4. The molecule has 168 valence electrons. The highest BCUT2D eigenvalue weighted by molar-refractivity contribution is 5.89. The van der Waals surface area contributed by atoms with Crippen molar-refractivity contribution in [3.8, 4) is 5.75 Å². The molecule has 1 aromatic carbocycles. The zero-order valence-electron chi connectivity index (χ0n) is 19.0. The molecule has 0 aliphatic carbocycles. The Bertz CT molecular complexity index is 670. The number of fused-ring (bicyclic) bond motifs is 15. The molecule has 1 unspecified atom stereocenters. The average molecular weight is 418 g/mol. The lowest BCUT2D eigenvalue weighted by atomic mass is 9.87. The van der Waals surface area contributed by atoms with Crippen LogP contribution in [0, 0.1) is 23.7 Å². The molecule has 2 heterocycles. The van der Waals surface area contributed by atoms with E-state index in [-0.39, 0.29) is 30.1 Å². The molecule has 4 atom stereocenters. The molecular weight excluding hydrogens is 378 g/mol. The van der Waals surface area contributed by atoms with Crippen molar-refractivity contribution in [2.45, 2.75) is 72.3 Å². The van der Waals surface area contributed by atoms with Crippen LogP contribution in [-0.4, -0.2) is 36.1 Å². The van der Waals surface area contributed by atoms with Crippen molar-refractivity contribution in [2.24, 2.45) is 23.7 Å². The van der Waals surface area contributed by atoms with Crippen molar-refractivity contribution >= 4 is 11.7 Å². The van der Waals surface area contributed by atoms with Crippen molar-refractivity contribution < 1.29 is 19.4 Å². The smallest absolute Gasteiger partial charge is 0.223 e. The van der Waals surface area contributed by atoms with Gasteiger partial charge in [-0.3, -0.25) is 9.59 Å². The first-order valence-electron chi connectivity index (χ1n) is 11.4. The van der Waals surface area contributed by atoms with Gasteiger partial charge in [0, 0.05) is 18.9 Å². The number of nitrogens with one attached hydrogen (secondary N) is 1. The Kier molecular flexibility index (Phi) is 9.83. The van der Waals surface area contributed by atoms with E-state index in [1.807, 2.05) is 31.2 Å². The van der Waals surface area contributed by atoms with Gasteiger partial charge < -0.3 is 15.2 Å². The molecule has 2 aliphatic heterocycles. The van der Waals surface area contributed by atoms with Crippen LogP contribution in [0.3, 0.4) is 0 Å². The fourth-order valence-corrected chi connectivity index (χ4v) is 4.18. The Morgan fingerprint density at radius 2 is 1.83 bits per heavy atom. The summed E-state index contributed by atoms with van der Waals surface area (Å²) in [7, 11) is 0. The number of benzene rings is 1. The third kappa shape index (κ3) is 8.10. The maximum Gasteiger partial charge on any atom is 0.223 e. The molecule has 5 nitrogen and oxygen atoms in total. The van der Waals surface area contributed by atoms with Gasteiger partial charge in [-0.05, 0) is 67.6 Å². The average Bonchev–Trinajstić information content (AvgIpc) is 2.70. The number of aliphatic hydroxyl groups excluding tert-OH is 1. The number of hydrogen-bond donors (Lipinski definition) is 2. The Balaban J connectivity index is 2.19. The van der Waals surface area contributed by atoms with E-state index in [0.717, 1.165) is 30.6 Å². The molecule has 0 saturated heterocycles. The minimum atomic E-state index is -0.487. The van der Waals surface area contributed by atoms with E-state index in [4.69, 9.17) is 4.74 Å². The molecular formula is C25H39NO4. The number of rotatable bonds is 3. The molecule has 0 saturated carbocycles. The third-order valence-electron chi connectivity index (χ3n) is 5.92. The Hall–Kier alpha value is -1.88. The second-order valence-corrected chi connectivity index (χ2v) is 9.49. The van der Waals surface area contributed by atoms with Crippen LogP contribution in [0.15, 0.2) is 24.3 Å². The topological polar surface area (TPSA) is 75.6 Å². The second-order valence-electron chi connectivity index (χ2n) is 9.49. The predicted octanol–water partition coefficient (Wildman–Crippen LogP) is 4.16. The van der Waals surface area contributed by atoms with Crippen LogP contribution in [0.4, 0.5) is 0 Å². The van der Waals surface area contributed by atoms with Crippen LogP contribution in [-0.2, 0) is 16.0 Å². The molecule has 1 amide bonds. The maximum atomic E-state index is 13.0. The van der Waals surface area contributed by atoms with Crippen LogP contribution in [0.2, 0.25) is 0 Å².